The third-order valence-corrected chi connectivity index (χ3v) is 4.28. The van der Waals surface area contributed by atoms with E-state index >= 15 is 0 Å². The zero-order valence-electron chi connectivity index (χ0n) is 11.9. The van der Waals surface area contributed by atoms with E-state index in [-0.39, 0.29) is 0 Å². The maximum Gasteiger partial charge on any atom is 0.161 e. The lowest BCUT2D eigenvalue weighted by atomic mass is 9.83. The monoisotopic (exact) mass is 273 g/mol. The van der Waals surface area contributed by atoms with Crippen LogP contribution >= 0.6 is 0 Å². The van der Waals surface area contributed by atoms with E-state index in [9.17, 15) is 0 Å². The first-order valence-corrected chi connectivity index (χ1v) is 7.67. The fourth-order valence-corrected chi connectivity index (χ4v) is 3.18. The molecule has 108 valence electrons. The van der Waals surface area contributed by atoms with Crippen molar-refractivity contribution in [3.05, 3.63) is 29.3 Å². The average Bonchev–Trinajstić information content (AvgIpc) is 2.53. The van der Waals surface area contributed by atoms with E-state index in [4.69, 9.17) is 15.2 Å². The summed E-state index contributed by atoms with van der Waals surface area (Å²) in [5.41, 5.74) is 8.51. The molecule has 0 spiro atoms. The van der Waals surface area contributed by atoms with Gasteiger partial charge in [0.05, 0.1) is 0 Å². The van der Waals surface area contributed by atoms with E-state index in [0.29, 0.717) is 25.7 Å². The van der Waals surface area contributed by atoms with Gasteiger partial charge in [0.15, 0.2) is 11.5 Å². The average molecular weight is 273 g/mol. The highest BCUT2D eigenvalue weighted by atomic mass is 16.6. The van der Waals surface area contributed by atoms with Crippen molar-refractivity contribution in [1.29, 1.82) is 0 Å². The van der Waals surface area contributed by atoms with Crippen LogP contribution in [0.5, 0.6) is 11.5 Å². The number of hydrogen-bond donors (Lipinski definition) is 1. The predicted molar refractivity (Wildman–Crippen MR) is 81.0 cm³/mol. The van der Waals surface area contributed by atoms with Gasteiger partial charge in [0.25, 0.3) is 0 Å². The van der Waals surface area contributed by atoms with E-state index < -0.39 is 0 Å². The van der Waals surface area contributed by atoms with Crippen LogP contribution in [0, 0.1) is 5.92 Å². The highest BCUT2D eigenvalue weighted by molar-refractivity contribution is 5.59. The highest BCUT2D eigenvalue weighted by Crippen LogP contribution is 2.33. The van der Waals surface area contributed by atoms with Gasteiger partial charge in [-0.25, -0.2) is 0 Å². The van der Waals surface area contributed by atoms with E-state index in [0.717, 1.165) is 11.5 Å². The molecule has 0 amide bonds. The van der Waals surface area contributed by atoms with E-state index in [1.807, 2.05) is 6.07 Å². The number of ether oxygens (including phenoxy) is 2. The molecule has 0 atom stereocenters. The molecular weight excluding hydrogens is 250 g/mol. The maximum atomic E-state index is 5.97. The molecule has 2 aliphatic rings. The van der Waals surface area contributed by atoms with Crippen LogP contribution in [0.4, 0.5) is 0 Å². The Bertz CT molecular complexity index is 490. The minimum Gasteiger partial charge on any atom is -0.486 e. The fraction of sp³-hybridized carbons (Fsp3) is 0.529. The molecule has 1 aromatic rings. The second-order valence-corrected chi connectivity index (χ2v) is 5.66. The number of nitrogens with two attached hydrogens (primary N) is 1. The third kappa shape index (κ3) is 2.98. The molecule has 1 aromatic carbocycles. The van der Waals surface area contributed by atoms with Gasteiger partial charge < -0.3 is 15.2 Å². The van der Waals surface area contributed by atoms with Crippen LogP contribution < -0.4 is 15.2 Å². The van der Waals surface area contributed by atoms with Crippen LogP contribution in [-0.4, -0.2) is 19.8 Å². The van der Waals surface area contributed by atoms with Gasteiger partial charge in [-0.05, 0) is 36.5 Å². The summed E-state index contributed by atoms with van der Waals surface area (Å²) < 4.78 is 11.2. The first-order valence-electron chi connectivity index (χ1n) is 7.67. The fourth-order valence-electron chi connectivity index (χ4n) is 3.18. The van der Waals surface area contributed by atoms with Crippen LogP contribution in [0.2, 0.25) is 0 Å². The Kier molecular flexibility index (Phi) is 4.26. The van der Waals surface area contributed by atoms with E-state index in [1.165, 1.54) is 43.2 Å². The van der Waals surface area contributed by atoms with Crippen LogP contribution in [0.3, 0.4) is 0 Å². The summed E-state index contributed by atoms with van der Waals surface area (Å²) in [6, 6.07) is 6.15. The van der Waals surface area contributed by atoms with Crippen molar-refractivity contribution >= 4 is 6.08 Å². The van der Waals surface area contributed by atoms with Gasteiger partial charge in [-0.1, -0.05) is 37.0 Å². The first kappa shape index (κ1) is 13.5. The van der Waals surface area contributed by atoms with Crippen molar-refractivity contribution in [3.63, 3.8) is 0 Å². The SMILES string of the molecule is NC/C(=C/c1ccc2c(c1)OCCO2)C1CCCCC1. The normalized spacial score (nSPS) is 19.9. The number of fused-ring (bicyclic) bond motifs is 1. The summed E-state index contributed by atoms with van der Waals surface area (Å²) in [7, 11) is 0. The number of benzene rings is 1. The second-order valence-electron chi connectivity index (χ2n) is 5.66. The highest BCUT2D eigenvalue weighted by Gasteiger charge is 2.17. The van der Waals surface area contributed by atoms with Crippen molar-refractivity contribution in [2.24, 2.45) is 11.7 Å². The molecule has 1 heterocycles. The summed E-state index contributed by atoms with van der Waals surface area (Å²) in [6.07, 6.45) is 8.86. The predicted octanol–water partition coefficient (Wildman–Crippen LogP) is 3.38. The second kappa shape index (κ2) is 6.31. The standard InChI is InChI=1S/C17H23NO2/c18-12-15(14-4-2-1-3-5-14)10-13-6-7-16-17(11-13)20-9-8-19-16/h6-7,10-11,14H,1-5,8-9,12,18H2/b15-10-. The molecule has 3 heteroatoms. The number of hydrogen-bond acceptors (Lipinski definition) is 3. The summed E-state index contributed by atoms with van der Waals surface area (Å²) in [6.45, 7) is 1.92. The molecule has 0 aromatic heterocycles. The molecule has 1 aliphatic heterocycles. The molecule has 1 saturated carbocycles. The molecule has 2 N–H and O–H groups in total. The molecular formula is C17H23NO2. The molecule has 20 heavy (non-hydrogen) atoms. The van der Waals surface area contributed by atoms with Crippen molar-refractivity contribution < 1.29 is 9.47 Å². The van der Waals surface area contributed by atoms with Crippen molar-refractivity contribution in [2.75, 3.05) is 19.8 Å². The minimum absolute atomic E-state index is 0.631. The molecule has 0 saturated heterocycles. The summed E-state index contributed by atoms with van der Waals surface area (Å²) >= 11 is 0. The molecule has 3 rings (SSSR count). The van der Waals surface area contributed by atoms with Crippen molar-refractivity contribution in [3.8, 4) is 11.5 Å². The van der Waals surface area contributed by atoms with Crippen molar-refractivity contribution in [2.45, 2.75) is 32.1 Å². The zero-order chi connectivity index (χ0) is 13.8. The van der Waals surface area contributed by atoms with Gasteiger partial charge in [0.1, 0.15) is 13.2 Å². The summed E-state index contributed by atoms with van der Waals surface area (Å²) in [5, 5.41) is 0. The maximum absolute atomic E-state index is 5.97. The van der Waals surface area contributed by atoms with Gasteiger partial charge in [-0.15, -0.1) is 0 Å². The lowest BCUT2D eigenvalue weighted by Crippen LogP contribution is -2.16. The molecule has 0 unspecified atom stereocenters. The quantitative estimate of drug-likeness (QED) is 0.918. The van der Waals surface area contributed by atoms with E-state index in [1.54, 1.807) is 0 Å². The lowest BCUT2D eigenvalue weighted by molar-refractivity contribution is 0.171. The summed E-state index contributed by atoms with van der Waals surface area (Å²) in [5.74, 6) is 2.37. The van der Waals surface area contributed by atoms with Gasteiger partial charge in [-0.2, -0.15) is 0 Å². The Morgan fingerprint density at radius 2 is 1.85 bits per heavy atom. The molecule has 1 aliphatic carbocycles. The largest absolute Gasteiger partial charge is 0.486 e. The Morgan fingerprint density at radius 3 is 2.60 bits per heavy atom. The molecule has 0 bridgehead atoms. The Labute approximate surface area is 120 Å². The summed E-state index contributed by atoms with van der Waals surface area (Å²) in [4.78, 5) is 0. The first-order chi connectivity index (χ1) is 9.86. The Hall–Kier alpha value is -1.48. The van der Waals surface area contributed by atoms with E-state index in [2.05, 4.69) is 18.2 Å². The lowest BCUT2D eigenvalue weighted by Gasteiger charge is -2.24. The van der Waals surface area contributed by atoms with Gasteiger partial charge in [-0.3, -0.25) is 0 Å². The van der Waals surface area contributed by atoms with Crippen LogP contribution in [0.15, 0.2) is 23.8 Å². The minimum atomic E-state index is 0.631. The Balaban J connectivity index is 1.81. The topological polar surface area (TPSA) is 44.5 Å². The molecule has 1 fully saturated rings. The molecule has 3 nitrogen and oxygen atoms in total. The zero-order valence-corrected chi connectivity index (χ0v) is 11.9. The molecule has 0 radical (unpaired) electrons. The number of rotatable bonds is 3. The van der Waals surface area contributed by atoms with Gasteiger partial charge >= 0.3 is 0 Å². The van der Waals surface area contributed by atoms with Crippen molar-refractivity contribution in [1.82, 2.24) is 0 Å². The van der Waals surface area contributed by atoms with Crippen LogP contribution in [0.1, 0.15) is 37.7 Å². The Morgan fingerprint density at radius 1 is 1.10 bits per heavy atom. The smallest absolute Gasteiger partial charge is 0.161 e. The van der Waals surface area contributed by atoms with Crippen LogP contribution in [0.25, 0.3) is 6.08 Å². The van der Waals surface area contributed by atoms with Crippen LogP contribution in [-0.2, 0) is 0 Å². The third-order valence-electron chi connectivity index (χ3n) is 4.28. The van der Waals surface area contributed by atoms with Gasteiger partial charge in [0.2, 0.25) is 0 Å². The van der Waals surface area contributed by atoms with Gasteiger partial charge in [0, 0.05) is 6.54 Å².